The largest absolute Gasteiger partial charge is 0.283 e. The zero-order valence-electron chi connectivity index (χ0n) is 3.84. The summed E-state index contributed by atoms with van der Waals surface area (Å²) in [6, 6.07) is 0. The summed E-state index contributed by atoms with van der Waals surface area (Å²) >= 11 is 0. The van der Waals surface area contributed by atoms with Crippen LogP contribution < -0.4 is 5.56 Å². The maximum Gasteiger partial charge on any atom is 0.283 e. The fourth-order valence-corrected chi connectivity index (χ4v) is 0.715. The summed E-state index contributed by atoms with van der Waals surface area (Å²) in [5.41, 5.74) is -0.0139. The number of nitrogens with one attached hydrogen (secondary N) is 1. The van der Waals surface area contributed by atoms with Crippen molar-refractivity contribution in [1.82, 2.24) is 9.78 Å². The molecule has 2 aliphatic heterocycles. The number of carbonyl (C=O) groups is 1. The maximum atomic E-state index is 10.4. The molecule has 0 aromatic carbocycles. The molecular formula is C4H2N2O2. The average Bonchev–Trinajstić information content (AvgIpc) is 2.19. The molecule has 0 spiro atoms. The van der Waals surface area contributed by atoms with Crippen molar-refractivity contribution in [2.24, 2.45) is 0 Å². The Kier molecular flexibility index (Phi) is 0.353. The molecule has 1 N–H and O–H groups in total. The van der Waals surface area contributed by atoms with E-state index in [4.69, 9.17) is 0 Å². The summed E-state index contributed by atoms with van der Waals surface area (Å²) in [6.45, 7) is 0. The first-order valence-corrected chi connectivity index (χ1v) is 2.15. The molecule has 2 bridgehead atoms. The second kappa shape index (κ2) is 0.774. The lowest BCUT2D eigenvalue weighted by atomic mass is 10.3. The maximum absolute atomic E-state index is 10.4. The second-order valence-electron chi connectivity index (χ2n) is 1.66. The Hall–Kier alpha value is -1.32. The third kappa shape index (κ3) is 0.182. The number of nitrogens with zero attached hydrogens (tertiary/aromatic N) is 1. The summed E-state index contributed by atoms with van der Waals surface area (Å²) in [6.07, 6.45) is 1.48. The van der Waals surface area contributed by atoms with Gasteiger partial charge in [-0.2, -0.15) is 0 Å². The van der Waals surface area contributed by atoms with Gasteiger partial charge in [-0.1, -0.05) is 0 Å². The van der Waals surface area contributed by atoms with Crippen LogP contribution in [-0.4, -0.2) is 15.7 Å². The first-order chi connectivity index (χ1) is 3.79. The van der Waals surface area contributed by atoms with Crippen molar-refractivity contribution in [3.63, 3.8) is 0 Å². The van der Waals surface area contributed by atoms with Gasteiger partial charge in [-0.05, 0) is 0 Å². The van der Waals surface area contributed by atoms with Gasteiger partial charge >= 0.3 is 0 Å². The number of aromatic amines is 1. The SMILES string of the molecule is O=C1c2cn1[nH]c2=O. The summed E-state index contributed by atoms with van der Waals surface area (Å²) in [5.74, 6) is -0.213. The molecule has 0 fully saturated rings. The molecule has 4 heteroatoms. The van der Waals surface area contributed by atoms with Gasteiger partial charge in [0.15, 0.2) is 0 Å². The standard InChI is InChI=1S/C4H2N2O2/c7-3-2-1-6(5-3)4(2)8/h1H,(H,5,7). The summed E-state index contributed by atoms with van der Waals surface area (Å²) in [5, 5.41) is 2.29. The average molecular weight is 110 g/mol. The van der Waals surface area contributed by atoms with Crippen molar-refractivity contribution in [3.8, 4) is 0 Å². The van der Waals surface area contributed by atoms with E-state index in [1.54, 1.807) is 0 Å². The molecule has 40 valence electrons. The minimum Gasteiger partial charge on any atom is -0.267 e. The van der Waals surface area contributed by atoms with Crippen LogP contribution in [0.4, 0.5) is 0 Å². The fourth-order valence-electron chi connectivity index (χ4n) is 0.715. The van der Waals surface area contributed by atoms with E-state index < -0.39 is 0 Å². The number of H-pyrrole nitrogens is 1. The monoisotopic (exact) mass is 110 g/mol. The number of aromatic nitrogens is 2. The van der Waals surface area contributed by atoms with Crippen LogP contribution in [0, 0.1) is 0 Å². The van der Waals surface area contributed by atoms with E-state index in [9.17, 15) is 9.59 Å². The Morgan fingerprint density at radius 2 is 2.25 bits per heavy atom. The number of rotatable bonds is 0. The van der Waals surface area contributed by atoms with Crippen LogP contribution in [0.15, 0.2) is 11.0 Å². The Morgan fingerprint density at radius 3 is 2.38 bits per heavy atom. The van der Waals surface area contributed by atoms with Crippen molar-refractivity contribution in [2.45, 2.75) is 0 Å². The molecule has 3 heterocycles. The molecule has 8 heavy (non-hydrogen) atoms. The molecule has 0 amide bonds. The van der Waals surface area contributed by atoms with Crippen molar-refractivity contribution in [3.05, 3.63) is 22.1 Å². The lowest BCUT2D eigenvalue weighted by molar-refractivity contribution is 0.0929. The summed E-state index contributed by atoms with van der Waals surface area (Å²) in [7, 11) is 0. The van der Waals surface area contributed by atoms with Gasteiger partial charge in [0, 0.05) is 6.20 Å². The molecule has 0 saturated carbocycles. The van der Waals surface area contributed by atoms with Gasteiger partial charge in [0.25, 0.3) is 11.5 Å². The summed E-state index contributed by atoms with van der Waals surface area (Å²) < 4.78 is 1.16. The van der Waals surface area contributed by atoms with Gasteiger partial charge < -0.3 is 0 Å². The van der Waals surface area contributed by atoms with Crippen LogP contribution in [-0.2, 0) is 0 Å². The van der Waals surface area contributed by atoms with Gasteiger partial charge in [-0.15, -0.1) is 0 Å². The van der Waals surface area contributed by atoms with Crippen LogP contribution in [0.2, 0.25) is 0 Å². The highest BCUT2D eigenvalue weighted by Crippen LogP contribution is 2.03. The molecule has 0 radical (unpaired) electrons. The normalized spacial score (nSPS) is 13.8. The lowest BCUT2D eigenvalue weighted by Gasteiger charge is -1.99. The summed E-state index contributed by atoms with van der Waals surface area (Å²) in [4.78, 5) is 20.8. The third-order valence-electron chi connectivity index (χ3n) is 1.17. The molecule has 3 rings (SSSR count). The molecule has 2 aliphatic rings. The zero-order valence-corrected chi connectivity index (χ0v) is 3.84. The highest BCUT2D eigenvalue weighted by atomic mass is 16.2. The Balaban J connectivity index is 3.01. The molecule has 4 nitrogen and oxygen atoms in total. The van der Waals surface area contributed by atoms with Crippen molar-refractivity contribution >= 4 is 5.91 Å². The predicted molar refractivity (Wildman–Crippen MR) is 24.8 cm³/mol. The molecule has 0 atom stereocenters. The highest BCUT2D eigenvalue weighted by molar-refractivity contribution is 6.00. The number of fused-ring (bicyclic) bond motifs is 1. The number of hydrogen-bond acceptors (Lipinski definition) is 2. The molecule has 1 aromatic rings. The fraction of sp³-hybridized carbons (Fsp3) is 0. The van der Waals surface area contributed by atoms with Crippen LogP contribution in [0.5, 0.6) is 0 Å². The van der Waals surface area contributed by atoms with E-state index in [1.165, 1.54) is 6.20 Å². The first-order valence-electron chi connectivity index (χ1n) is 2.15. The van der Waals surface area contributed by atoms with E-state index in [0.29, 0.717) is 0 Å². The van der Waals surface area contributed by atoms with Gasteiger partial charge in [-0.25, -0.2) is 4.68 Å². The van der Waals surface area contributed by atoms with Crippen LogP contribution in [0.3, 0.4) is 0 Å². The van der Waals surface area contributed by atoms with Crippen LogP contribution in [0.25, 0.3) is 0 Å². The minimum atomic E-state index is -0.282. The predicted octanol–water partition coefficient (Wildman–Crippen LogP) is -0.822. The molecule has 0 saturated heterocycles. The topological polar surface area (TPSA) is 54.9 Å². The lowest BCUT2D eigenvalue weighted by Crippen LogP contribution is -2.17. The van der Waals surface area contributed by atoms with E-state index >= 15 is 0 Å². The van der Waals surface area contributed by atoms with Gasteiger partial charge in [0.05, 0.1) is 0 Å². The van der Waals surface area contributed by atoms with E-state index in [1.807, 2.05) is 0 Å². The van der Waals surface area contributed by atoms with E-state index in [2.05, 4.69) is 5.10 Å². The Bertz CT molecular complexity index is 306. The van der Waals surface area contributed by atoms with Crippen LogP contribution in [0.1, 0.15) is 10.4 Å². The molecule has 0 unspecified atom stereocenters. The van der Waals surface area contributed by atoms with Crippen molar-refractivity contribution < 1.29 is 4.79 Å². The Morgan fingerprint density at radius 1 is 1.50 bits per heavy atom. The second-order valence-corrected chi connectivity index (χ2v) is 1.66. The Labute approximate surface area is 43.7 Å². The highest BCUT2D eigenvalue weighted by Gasteiger charge is 2.25. The molecule has 0 aliphatic carbocycles. The quantitative estimate of drug-likeness (QED) is 0.481. The van der Waals surface area contributed by atoms with Crippen LogP contribution >= 0.6 is 0 Å². The smallest absolute Gasteiger partial charge is 0.267 e. The first kappa shape index (κ1) is 3.65. The van der Waals surface area contributed by atoms with Crippen molar-refractivity contribution in [1.29, 1.82) is 0 Å². The minimum absolute atomic E-state index is 0.213. The van der Waals surface area contributed by atoms with E-state index in [0.717, 1.165) is 4.68 Å². The van der Waals surface area contributed by atoms with Gasteiger partial charge in [0.1, 0.15) is 5.56 Å². The number of carbonyl (C=O) groups excluding carboxylic acids is 1. The van der Waals surface area contributed by atoms with Gasteiger partial charge in [-0.3, -0.25) is 14.7 Å². The molecular weight excluding hydrogens is 108 g/mol. The molecule has 1 aromatic heterocycles. The zero-order chi connectivity index (χ0) is 5.72. The van der Waals surface area contributed by atoms with Crippen molar-refractivity contribution in [2.75, 3.05) is 0 Å². The third-order valence-corrected chi connectivity index (χ3v) is 1.17. The number of hydrogen-bond donors (Lipinski definition) is 1. The van der Waals surface area contributed by atoms with E-state index in [-0.39, 0.29) is 17.0 Å². The van der Waals surface area contributed by atoms with Gasteiger partial charge in [0.2, 0.25) is 0 Å².